The first-order valence-electron chi connectivity index (χ1n) is 6.72. The number of aromatic nitrogens is 1. The van der Waals surface area contributed by atoms with Gasteiger partial charge in [-0.3, -0.25) is 4.90 Å². The average Bonchev–Trinajstić information content (AvgIpc) is 3.13. The quantitative estimate of drug-likeness (QED) is 0.620. The lowest BCUT2D eigenvalue weighted by molar-refractivity contribution is 0.315. The van der Waals surface area contributed by atoms with Crippen LogP contribution in [0.3, 0.4) is 0 Å². The molecule has 22 heavy (non-hydrogen) atoms. The Bertz CT molecular complexity index is 755. The first-order chi connectivity index (χ1) is 10.6. The van der Waals surface area contributed by atoms with E-state index < -0.39 is 0 Å². The maximum absolute atomic E-state index is 6.04. The Morgan fingerprint density at radius 2 is 2.05 bits per heavy atom. The molecule has 0 saturated heterocycles. The summed E-state index contributed by atoms with van der Waals surface area (Å²) in [4.78, 5) is 7.71. The van der Waals surface area contributed by atoms with E-state index in [0.717, 1.165) is 22.7 Å². The van der Waals surface area contributed by atoms with Crippen LogP contribution in [-0.4, -0.2) is 16.9 Å². The van der Waals surface area contributed by atoms with Gasteiger partial charge in [-0.2, -0.15) is 0 Å². The third-order valence-corrected chi connectivity index (χ3v) is 4.75. The summed E-state index contributed by atoms with van der Waals surface area (Å²) in [6.45, 7) is 1.47. The Hall–Kier alpha value is -1.33. The SMILES string of the molecule is CN(Cc1ccc(Cl)c(Cl)c1)Cc1coc(-c2cccs2)n1. The van der Waals surface area contributed by atoms with E-state index in [0.29, 0.717) is 22.5 Å². The number of thiophene rings is 1. The van der Waals surface area contributed by atoms with Crippen LogP contribution in [0.5, 0.6) is 0 Å². The van der Waals surface area contributed by atoms with Gasteiger partial charge >= 0.3 is 0 Å². The van der Waals surface area contributed by atoms with Crippen molar-refractivity contribution < 1.29 is 4.42 Å². The normalized spacial score (nSPS) is 11.3. The Morgan fingerprint density at radius 1 is 1.18 bits per heavy atom. The second-order valence-corrected chi connectivity index (χ2v) is 6.80. The Kier molecular flexibility index (Phi) is 4.84. The predicted octanol–water partition coefficient (Wildman–Crippen LogP) is 5.34. The van der Waals surface area contributed by atoms with Gasteiger partial charge in [0.15, 0.2) is 0 Å². The van der Waals surface area contributed by atoms with E-state index in [2.05, 4.69) is 9.88 Å². The van der Waals surface area contributed by atoms with Crippen LogP contribution in [0.2, 0.25) is 10.0 Å². The van der Waals surface area contributed by atoms with Gasteiger partial charge in [0.05, 0.1) is 20.6 Å². The molecule has 0 saturated carbocycles. The maximum Gasteiger partial charge on any atom is 0.236 e. The number of hydrogen-bond donors (Lipinski definition) is 0. The van der Waals surface area contributed by atoms with Crippen molar-refractivity contribution in [2.24, 2.45) is 0 Å². The standard InChI is InChI=1S/C16H14Cl2N2OS/c1-20(8-11-4-5-13(17)14(18)7-11)9-12-10-21-16(19-12)15-3-2-6-22-15/h2-7,10H,8-9H2,1H3. The third-order valence-electron chi connectivity index (χ3n) is 3.15. The first kappa shape index (κ1) is 15.6. The molecule has 3 nitrogen and oxygen atoms in total. The van der Waals surface area contributed by atoms with Crippen molar-refractivity contribution in [3.63, 3.8) is 0 Å². The van der Waals surface area contributed by atoms with Gasteiger partial charge < -0.3 is 4.42 Å². The molecule has 6 heteroatoms. The van der Waals surface area contributed by atoms with E-state index in [9.17, 15) is 0 Å². The Morgan fingerprint density at radius 3 is 2.77 bits per heavy atom. The van der Waals surface area contributed by atoms with Crippen molar-refractivity contribution in [3.8, 4) is 10.8 Å². The largest absolute Gasteiger partial charge is 0.444 e. The van der Waals surface area contributed by atoms with Crippen LogP contribution in [0.15, 0.2) is 46.4 Å². The van der Waals surface area contributed by atoms with Crippen molar-refractivity contribution in [3.05, 3.63) is 63.3 Å². The highest BCUT2D eigenvalue weighted by Gasteiger charge is 2.10. The molecule has 0 amide bonds. The summed E-state index contributed by atoms with van der Waals surface area (Å²) in [5.74, 6) is 0.674. The molecule has 2 aromatic heterocycles. The van der Waals surface area contributed by atoms with Gasteiger partial charge in [0.1, 0.15) is 6.26 Å². The first-order valence-corrected chi connectivity index (χ1v) is 8.36. The topological polar surface area (TPSA) is 29.3 Å². The third kappa shape index (κ3) is 3.70. The van der Waals surface area contributed by atoms with Crippen LogP contribution >= 0.6 is 34.5 Å². The highest BCUT2D eigenvalue weighted by Crippen LogP contribution is 2.25. The fourth-order valence-electron chi connectivity index (χ4n) is 2.18. The van der Waals surface area contributed by atoms with Gasteiger partial charge in [-0.05, 0) is 36.2 Å². The number of hydrogen-bond acceptors (Lipinski definition) is 4. The van der Waals surface area contributed by atoms with E-state index in [1.54, 1.807) is 17.6 Å². The smallest absolute Gasteiger partial charge is 0.236 e. The van der Waals surface area contributed by atoms with Crippen molar-refractivity contribution in [1.29, 1.82) is 0 Å². The molecule has 0 bridgehead atoms. The van der Waals surface area contributed by atoms with Crippen LogP contribution < -0.4 is 0 Å². The second-order valence-electron chi connectivity index (χ2n) is 5.04. The number of oxazole rings is 1. The zero-order valence-electron chi connectivity index (χ0n) is 11.9. The summed E-state index contributed by atoms with van der Waals surface area (Å²) >= 11 is 13.6. The van der Waals surface area contributed by atoms with Crippen LogP contribution in [0.4, 0.5) is 0 Å². The molecule has 0 N–H and O–H groups in total. The summed E-state index contributed by atoms with van der Waals surface area (Å²) in [5, 5.41) is 3.16. The monoisotopic (exact) mass is 352 g/mol. The molecule has 0 spiro atoms. The summed E-state index contributed by atoms with van der Waals surface area (Å²) in [7, 11) is 2.03. The number of halogens is 2. The van der Waals surface area contributed by atoms with Crippen LogP contribution in [-0.2, 0) is 13.1 Å². The molecular formula is C16H14Cl2N2OS. The molecule has 0 aliphatic carbocycles. The van der Waals surface area contributed by atoms with Crippen LogP contribution in [0.25, 0.3) is 10.8 Å². The fraction of sp³-hybridized carbons (Fsp3) is 0.188. The molecular weight excluding hydrogens is 339 g/mol. The molecule has 0 fully saturated rings. The van der Waals surface area contributed by atoms with E-state index in [1.807, 2.05) is 42.8 Å². The van der Waals surface area contributed by atoms with Crippen molar-refractivity contribution in [2.75, 3.05) is 7.05 Å². The Labute approximate surface area is 143 Å². The second kappa shape index (κ2) is 6.84. The predicted molar refractivity (Wildman–Crippen MR) is 91.4 cm³/mol. The molecule has 3 rings (SSSR count). The molecule has 114 valence electrons. The lowest BCUT2D eigenvalue weighted by Gasteiger charge is -2.15. The van der Waals surface area contributed by atoms with Crippen LogP contribution in [0.1, 0.15) is 11.3 Å². The summed E-state index contributed by atoms with van der Waals surface area (Å²) in [6, 6.07) is 9.67. The number of benzene rings is 1. The van der Waals surface area contributed by atoms with Crippen molar-refractivity contribution >= 4 is 34.5 Å². The minimum Gasteiger partial charge on any atom is -0.444 e. The van der Waals surface area contributed by atoms with Gasteiger partial charge in [0.2, 0.25) is 5.89 Å². The lowest BCUT2D eigenvalue weighted by Crippen LogP contribution is -2.17. The minimum atomic E-state index is 0.574. The zero-order valence-corrected chi connectivity index (χ0v) is 14.3. The highest BCUT2D eigenvalue weighted by molar-refractivity contribution is 7.13. The molecule has 0 radical (unpaired) electrons. The maximum atomic E-state index is 6.04. The average molecular weight is 353 g/mol. The van der Waals surface area contributed by atoms with E-state index in [-0.39, 0.29) is 0 Å². The van der Waals surface area contributed by atoms with Gasteiger partial charge in [-0.1, -0.05) is 35.3 Å². The van der Waals surface area contributed by atoms with E-state index in [4.69, 9.17) is 27.6 Å². The van der Waals surface area contributed by atoms with Crippen molar-refractivity contribution in [2.45, 2.75) is 13.1 Å². The van der Waals surface area contributed by atoms with Gasteiger partial charge in [0, 0.05) is 13.1 Å². The van der Waals surface area contributed by atoms with Gasteiger partial charge in [-0.15, -0.1) is 11.3 Å². The minimum absolute atomic E-state index is 0.574. The molecule has 2 heterocycles. The Balaban J connectivity index is 1.64. The van der Waals surface area contributed by atoms with Gasteiger partial charge in [-0.25, -0.2) is 4.98 Å². The molecule has 1 aromatic carbocycles. The molecule has 0 aliphatic heterocycles. The lowest BCUT2D eigenvalue weighted by atomic mass is 10.2. The van der Waals surface area contributed by atoms with E-state index in [1.165, 1.54) is 0 Å². The van der Waals surface area contributed by atoms with Crippen molar-refractivity contribution in [1.82, 2.24) is 9.88 Å². The molecule has 0 aliphatic rings. The molecule has 0 atom stereocenters. The molecule has 3 aromatic rings. The fourth-order valence-corrected chi connectivity index (χ4v) is 3.15. The summed E-state index contributed by atoms with van der Waals surface area (Å²) in [5.41, 5.74) is 2.02. The van der Waals surface area contributed by atoms with Crippen LogP contribution in [0, 0.1) is 0 Å². The van der Waals surface area contributed by atoms with E-state index >= 15 is 0 Å². The summed E-state index contributed by atoms with van der Waals surface area (Å²) in [6.07, 6.45) is 1.71. The number of nitrogens with zero attached hydrogens (tertiary/aromatic N) is 2. The number of rotatable bonds is 5. The molecule has 0 unspecified atom stereocenters. The zero-order chi connectivity index (χ0) is 15.5. The highest BCUT2D eigenvalue weighted by atomic mass is 35.5. The summed E-state index contributed by atoms with van der Waals surface area (Å²) < 4.78 is 5.53. The van der Waals surface area contributed by atoms with Gasteiger partial charge in [0.25, 0.3) is 0 Å².